The quantitative estimate of drug-likeness (QED) is 0.803. The normalized spacial score (nSPS) is 12.4. The number of anilines is 2. The van der Waals surface area contributed by atoms with Crippen LogP contribution in [0.2, 0.25) is 0 Å². The van der Waals surface area contributed by atoms with E-state index in [1.54, 1.807) is 0 Å². The van der Waals surface area contributed by atoms with Gasteiger partial charge in [-0.2, -0.15) is 0 Å². The predicted molar refractivity (Wildman–Crippen MR) is 75.8 cm³/mol. The lowest BCUT2D eigenvalue weighted by molar-refractivity contribution is 0.500. The highest BCUT2D eigenvalue weighted by Gasteiger charge is 2.14. The molecule has 1 atom stereocenters. The molecule has 1 aromatic heterocycles. The van der Waals surface area contributed by atoms with E-state index in [-0.39, 0.29) is 6.04 Å². The molecule has 3 heteroatoms. The first-order valence-corrected chi connectivity index (χ1v) is 6.17. The lowest BCUT2D eigenvalue weighted by Gasteiger charge is -2.18. The predicted octanol–water partition coefficient (Wildman–Crippen LogP) is 3.96. The van der Waals surface area contributed by atoms with Gasteiger partial charge in [0.1, 0.15) is 11.5 Å². The summed E-state index contributed by atoms with van der Waals surface area (Å²) in [6, 6.07) is 8.18. The number of para-hydroxylation sites is 1. The average Bonchev–Trinajstić information content (AvgIpc) is 2.63. The fraction of sp³-hybridized carbons (Fsp3) is 0.333. The third kappa shape index (κ3) is 2.35. The van der Waals surface area contributed by atoms with Gasteiger partial charge in [-0.1, -0.05) is 12.1 Å². The van der Waals surface area contributed by atoms with E-state index in [1.165, 1.54) is 5.56 Å². The minimum absolute atomic E-state index is 0.172. The first-order chi connectivity index (χ1) is 8.49. The van der Waals surface area contributed by atoms with E-state index in [0.29, 0.717) is 0 Å². The molecule has 96 valence electrons. The molecule has 0 saturated heterocycles. The third-order valence-electron chi connectivity index (χ3n) is 3.21. The van der Waals surface area contributed by atoms with Crippen LogP contribution in [0.4, 0.5) is 11.4 Å². The maximum Gasteiger partial charge on any atom is 0.106 e. The molecule has 0 aliphatic carbocycles. The van der Waals surface area contributed by atoms with E-state index < -0.39 is 0 Å². The molecule has 0 aliphatic rings. The molecule has 1 aromatic carbocycles. The molecule has 2 aromatic rings. The zero-order chi connectivity index (χ0) is 13.3. The van der Waals surface area contributed by atoms with Crippen molar-refractivity contribution in [2.45, 2.75) is 33.7 Å². The molecular weight excluding hydrogens is 224 g/mol. The summed E-state index contributed by atoms with van der Waals surface area (Å²) < 4.78 is 5.56. The molecule has 0 spiro atoms. The summed E-state index contributed by atoms with van der Waals surface area (Å²) in [5.74, 6) is 1.90. The molecule has 2 rings (SSSR count). The van der Waals surface area contributed by atoms with Crippen LogP contribution in [0, 0.1) is 20.8 Å². The van der Waals surface area contributed by atoms with E-state index in [1.807, 2.05) is 26.0 Å². The monoisotopic (exact) mass is 244 g/mol. The summed E-state index contributed by atoms with van der Waals surface area (Å²) >= 11 is 0. The Bertz CT molecular complexity index is 537. The second kappa shape index (κ2) is 4.77. The highest BCUT2D eigenvalue weighted by atomic mass is 16.3. The summed E-state index contributed by atoms with van der Waals surface area (Å²) in [4.78, 5) is 0. The lowest BCUT2D eigenvalue weighted by atomic mass is 10.1. The number of hydrogen-bond acceptors (Lipinski definition) is 3. The first kappa shape index (κ1) is 12.6. The molecular formula is C15H20N2O. The van der Waals surface area contributed by atoms with Gasteiger partial charge in [-0.3, -0.25) is 0 Å². The minimum Gasteiger partial charge on any atom is -0.466 e. The van der Waals surface area contributed by atoms with Crippen LogP contribution in [0.25, 0.3) is 0 Å². The summed E-state index contributed by atoms with van der Waals surface area (Å²) in [7, 11) is 0. The molecule has 0 aliphatic heterocycles. The van der Waals surface area contributed by atoms with Gasteiger partial charge in [0.05, 0.1) is 17.4 Å². The molecule has 0 saturated carbocycles. The van der Waals surface area contributed by atoms with Crippen LogP contribution in [-0.4, -0.2) is 0 Å². The number of nitrogen functional groups attached to an aromatic ring is 1. The number of nitrogens with two attached hydrogens (primary N) is 1. The Labute approximate surface area is 108 Å². The van der Waals surface area contributed by atoms with Crippen molar-refractivity contribution in [3.63, 3.8) is 0 Å². The standard InChI is InChI=1S/C15H20N2O/c1-9-6-5-7-14(16)15(9)17-11(3)13-8-10(2)18-12(13)4/h5-8,11,17H,16H2,1-4H3. The van der Waals surface area contributed by atoms with Crippen LogP contribution in [0.15, 0.2) is 28.7 Å². The Kier molecular flexibility index (Phi) is 3.32. The van der Waals surface area contributed by atoms with Gasteiger partial charge in [0.25, 0.3) is 0 Å². The summed E-state index contributed by atoms with van der Waals surface area (Å²) in [5.41, 5.74) is 10.1. The van der Waals surface area contributed by atoms with Crippen molar-refractivity contribution < 1.29 is 4.42 Å². The van der Waals surface area contributed by atoms with Crippen molar-refractivity contribution in [2.75, 3.05) is 11.1 Å². The molecule has 3 N–H and O–H groups in total. The van der Waals surface area contributed by atoms with E-state index in [2.05, 4.69) is 31.3 Å². The van der Waals surface area contributed by atoms with Gasteiger partial charge in [-0.15, -0.1) is 0 Å². The van der Waals surface area contributed by atoms with Crippen LogP contribution in [0.3, 0.4) is 0 Å². The van der Waals surface area contributed by atoms with Crippen molar-refractivity contribution in [2.24, 2.45) is 0 Å². The van der Waals surface area contributed by atoms with Gasteiger partial charge in [0.15, 0.2) is 0 Å². The van der Waals surface area contributed by atoms with Crippen molar-refractivity contribution in [3.8, 4) is 0 Å². The van der Waals surface area contributed by atoms with E-state index in [0.717, 1.165) is 28.5 Å². The summed E-state index contributed by atoms with van der Waals surface area (Å²) in [5, 5.41) is 3.46. The van der Waals surface area contributed by atoms with Gasteiger partial charge in [-0.25, -0.2) is 0 Å². The first-order valence-electron chi connectivity index (χ1n) is 6.17. The van der Waals surface area contributed by atoms with Gasteiger partial charge >= 0.3 is 0 Å². The number of hydrogen-bond donors (Lipinski definition) is 2. The van der Waals surface area contributed by atoms with E-state index in [9.17, 15) is 0 Å². The van der Waals surface area contributed by atoms with Gasteiger partial charge in [-0.05, 0) is 45.4 Å². The number of nitrogens with one attached hydrogen (secondary N) is 1. The molecule has 1 heterocycles. The third-order valence-corrected chi connectivity index (χ3v) is 3.21. The molecule has 18 heavy (non-hydrogen) atoms. The number of furan rings is 1. The van der Waals surface area contributed by atoms with Crippen LogP contribution in [0.5, 0.6) is 0 Å². The SMILES string of the molecule is Cc1cc(C(C)Nc2c(C)cccc2N)c(C)o1. The zero-order valence-corrected chi connectivity index (χ0v) is 11.4. The summed E-state index contributed by atoms with van der Waals surface area (Å²) in [6.45, 7) is 8.12. The van der Waals surface area contributed by atoms with E-state index in [4.69, 9.17) is 10.2 Å². The molecule has 0 bridgehead atoms. The molecule has 0 amide bonds. The fourth-order valence-electron chi connectivity index (χ4n) is 2.26. The van der Waals surface area contributed by atoms with Crippen LogP contribution < -0.4 is 11.1 Å². The Hall–Kier alpha value is -1.90. The van der Waals surface area contributed by atoms with Gasteiger partial charge < -0.3 is 15.5 Å². The number of rotatable bonds is 3. The highest BCUT2D eigenvalue weighted by molar-refractivity contribution is 5.70. The van der Waals surface area contributed by atoms with E-state index >= 15 is 0 Å². The molecule has 1 unspecified atom stereocenters. The van der Waals surface area contributed by atoms with Crippen molar-refractivity contribution in [3.05, 3.63) is 46.9 Å². The maximum atomic E-state index is 6.01. The summed E-state index contributed by atoms with van der Waals surface area (Å²) in [6.07, 6.45) is 0. The average molecular weight is 244 g/mol. The van der Waals surface area contributed by atoms with Crippen molar-refractivity contribution >= 4 is 11.4 Å². The maximum absolute atomic E-state index is 6.01. The lowest BCUT2D eigenvalue weighted by Crippen LogP contribution is -2.09. The minimum atomic E-state index is 0.172. The number of aryl methyl sites for hydroxylation is 3. The van der Waals surface area contributed by atoms with Crippen LogP contribution in [0.1, 0.15) is 35.6 Å². The smallest absolute Gasteiger partial charge is 0.106 e. The second-order valence-corrected chi connectivity index (χ2v) is 4.77. The molecule has 0 fully saturated rings. The van der Waals surface area contributed by atoms with Gasteiger partial charge in [0.2, 0.25) is 0 Å². The van der Waals surface area contributed by atoms with Gasteiger partial charge in [0, 0.05) is 5.56 Å². The van der Waals surface area contributed by atoms with Crippen molar-refractivity contribution in [1.82, 2.24) is 0 Å². The second-order valence-electron chi connectivity index (χ2n) is 4.77. The van der Waals surface area contributed by atoms with Crippen LogP contribution in [-0.2, 0) is 0 Å². The zero-order valence-electron chi connectivity index (χ0n) is 11.4. The van der Waals surface area contributed by atoms with Crippen LogP contribution >= 0.6 is 0 Å². The topological polar surface area (TPSA) is 51.2 Å². The Balaban J connectivity index is 2.26. The Morgan fingerprint density at radius 1 is 1.22 bits per heavy atom. The highest BCUT2D eigenvalue weighted by Crippen LogP contribution is 2.29. The Morgan fingerprint density at radius 2 is 1.94 bits per heavy atom. The Morgan fingerprint density at radius 3 is 2.50 bits per heavy atom. The largest absolute Gasteiger partial charge is 0.466 e. The molecule has 3 nitrogen and oxygen atoms in total. The molecule has 0 radical (unpaired) electrons. The fourth-order valence-corrected chi connectivity index (χ4v) is 2.26. The number of benzene rings is 1. The van der Waals surface area contributed by atoms with Crippen molar-refractivity contribution in [1.29, 1.82) is 0 Å².